The van der Waals surface area contributed by atoms with Crippen LogP contribution in [0, 0.1) is 10.1 Å². The van der Waals surface area contributed by atoms with Gasteiger partial charge in [0.2, 0.25) is 5.91 Å². The molecular weight excluding hydrogens is 186 g/mol. The predicted octanol–water partition coefficient (Wildman–Crippen LogP) is -2.05. The van der Waals surface area contributed by atoms with E-state index in [2.05, 4.69) is 11.5 Å². The van der Waals surface area contributed by atoms with Crippen molar-refractivity contribution >= 4 is 11.9 Å². The van der Waals surface area contributed by atoms with Crippen LogP contribution in [0.25, 0.3) is 0 Å². The van der Waals surface area contributed by atoms with E-state index in [1.54, 1.807) is 0 Å². The molecule has 0 fully saturated rings. The van der Waals surface area contributed by atoms with Gasteiger partial charge in [0.25, 0.3) is 5.09 Å². The standard InChI is InChI=1S/C3H7N3O2.HNO3.H3N/c4-2(7)1-6-3(5)8;2-1(3)4;/h1H2,(H2,4,7)(H3,5,6,8);(H,2,3,4);1H3. The summed E-state index contributed by atoms with van der Waals surface area (Å²) in [4.78, 5) is 28.0. The molecule has 10 nitrogen and oxygen atoms in total. The number of hydrogen-bond acceptors (Lipinski definition) is 5. The number of amides is 3. The summed E-state index contributed by atoms with van der Waals surface area (Å²) in [7, 11) is 0. The average Bonchev–Trinajstić information content (AvgIpc) is 1.82. The van der Waals surface area contributed by atoms with E-state index in [1.165, 1.54) is 0 Å². The molecule has 0 aliphatic rings. The Bertz CT molecular complexity index is 163. The quantitative estimate of drug-likeness (QED) is 0.249. The van der Waals surface area contributed by atoms with Gasteiger partial charge in [0.05, 0.1) is 6.54 Å². The number of carbonyl (C=O) groups excluding carboxylic acids is 2. The second-order valence-electron chi connectivity index (χ2n) is 1.42. The Kier molecular flexibility index (Phi) is 13.0. The van der Waals surface area contributed by atoms with E-state index < -0.39 is 17.0 Å². The third-order valence-corrected chi connectivity index (χ3v) is 0.437. The van der Waals surface area contributed by atoms with Crippen LogP contribution in [-0.4, -0.2) is 28.8 Å². The van der Waals surface area contributed by atoms with Gasteiger partial charge < -0.3 is 28.1 Å². The predicted molar refractivity (Wildman–Crippen MR) is 40.6 cm³/mol. The number of carbonyl (C=O) groups is 2. The molecule has 9 N–H and O–H groups in total. The Morgan fingerprint density at radius 1 is 1.46 bits per heavy atom. The smallest absolute Gasteiger partial charge is 0.312 e. The van der Waals surface area contributed by atoms with Crippen LogP contribution in [0.3, 0.4) is 0 Å². The van der Waals surface area contributed by atoms with Gasteiger partial charge in [-0.25, -0.2) is 4.79 Å². The van der Waals surface area contributed by atoms with Crippen LogP contribution in [0.4, 0.5) is 4.79 Å². The summed E-state index contributed by atoms with van der Waals surface area (Å²) in [5, 5.41) is 15.6. The van der Waals surface area contributed by atoms with Crippen LogP contribution < -0.4 is 22.9 Å². The zero-order valence-electron chi connectivity index (χ0n) is 6.60. The molecule has 0 aromatic rings. The van der Waals surface area contributed by atoms with Crippen LogP contribution in [0.2, 0.25) is 0 Å². The molecular formula is C3H11N5O5. The molecule has 13 heavy (non-hydrogen) atoms. The number of urea groups is 1. The van der Waals surface area contributed by atoms with Gasteiger partial charge in [0.1, 0.15) is 0 Å². The normalized spacial score (nSPS) is 6.77. The van der Waals surface area contributed by atoms with Crippen molar-refractivity contribution in [2.45, 2.75) is 0 Å². The molecule has 0 aliphatic carbocycles. The van der Waals surface area contributed by atoms with Gasteiger partial charge >= 0.3 is 6.03 Å². The number of primary amides is 2. The second kappa shape index (κ2) is 9.90. The van der Waals surface area contributed by atoms with E-state index in [0.717, 1.165) is 0 Å². The molecule has 3 amide bonds. The zero-order valence-corrected chi connectivity index (χ0v) is 6.60. The number of rotatable bonds is 2. The Morgan fingerprint density at radius 3 is 1.85 bits per heavy atom. The molecule has 0 bridgehead atoms. The largest absolute Gasteiger partial charge is 0.368 e. The highest BCUT2D eigenvalue weighted by atomic mass is 16.9. The molecule has 0 atom stereocenters. The molecule has 0 unspecified atom stereocenters. The highest BCUT2D eigenvalue weighted by Gasteiger charge is 1.93. The molecule has 0 saturated carbocycles. The van der Waals surface area contributed by atoms with Crippen LogP contribution in [0.15, 0.2) is 0 Å². The lowest BCUT2D eigenvalue weighted by Crippen LogP contribution is -2.36. The summed E-state index contributed by atoms with van der Waals surface area (Å²) < 4.78 is 0. The zero-order chi connectivity index (χ0) is 10.1. The van der Waals surface area contributed by atoms with Gasteiger partial charge in [0.15, 0.2) is 0 Å². The van der Waals surface area contributed by atoms with Crippen LogP contribution in [-0.2, 0) is 4.79 Å². The van der Waals surface area contributed by atoms with Crippen molar-refractivity contribution < 1.29 is 19.9 Å². The van der Waals surface area contributed by atoms with Gasteiger partial charge in [-0.3, -0.25) is 4.79 Å². The Labute approximate surface area is 72.6 Å². The summed E-state index contributed by atoms with van der Waals surface area (Å²) in [6, 6.07) is -0.746. The summed E-state index contributed by atoms with van der Waals surface area (Å²) in [5.41, 5.74) is 9.21. The molecule has 0 aromatic heterocycles. The molecule has 0 aromatic carbocycles. The third kappa shape index (κ3) is 73.5. The Hall–Kier alpha value is -2.10. The summed E-state index contributed by atoms with van der Waals surface area (Å²) in [6.45, 7) is -0.199. The number of nitrogens with zero attached hydrogens (tertiary/aromatic N) is 1. The first-order chi connectivity index (χ1) is 5.36. The van der Waals surface area contributed by atoms with Crippen molar-refractivity contribution in [3.8, 4) is 0 Å². The SMILES string of the molecule is N.NC(=O)CNC(N)=O.O=[N+]([O-])O. The van der Waals surface area contributed by atoms with E-state index in [-0.39, 0.29) is 12.7 Å². The summed E-state index contributed by atoms with van der Waals surface area (Å²) in [6.07, 6.45) is 0. The molecule has 10 heteroatoms. The van der Waals surface area contributed by atoms with Crippen molar-refractivity contribution in [3.05, 3.63) is 10.1 Å². The first-order valence-corrected chi connectivity index (χ1v) is 2.51. The average molecular weight is 197 g/mol. The molecule has 0 saturated heterocycles. The molecule has 78 valence electrons. The number of nitrogens with two attached hydrogens (primary N) is 2. The Morgan fingerprint density at radius 2 is 1.77 bits per heavy atom. The minimum Gasteiger partial charge on any atom is -0.368 e. The fourth-order valence-electron chi connectivity index (χ4n) is 0.174. The molecule has 0 radical (unpaired) electrons. The van der Waals surface area contributed by atoms with Crippen molar-refractivity contribution in [1.82, 2.24) is 11.5 Å². The monoisotopic (exact) mass is 197 g/mol. The van der Waals surface area contributed by atoms with Crippen molar-refractivity contribution in [2.24, 2.45) is 11.5 Å². The van der Waals surface area contributed by atoms with Crippen LogP contribution in [0.5, 0.6) is 0 Å². The highest BCUT2D eigenvalue weighted by Crippen LogP contribution is 1.54. The van der Waals surface area contributed by atoms with Crippen LogP contribution in [0.1, 0.15) is 0 Å². The first kappa shape index (κ1) is 17.1. The van der Waals surface area contributed by atoms with Gasteiger partial charge in [-0.05, 0) is 0 Å². The maximum atomic E-state index is 9.86. The third-order valence-electron chi connectivity index (χ3n) is 0.437. The van der Waals surface area contributed by atoms with E-state index in [9.17, 15) is 9.59 Å². The van der Waals surface area contributed by atoms with Crippen molar-refractivity contribution in [2.75, 3.05) is 6.54 Å². The summed E-state index contributed by atoms with van der Waals surface area (Å²) in [5.74, 6) is -0.608. The second-order valence-corrected chi connectivity index (χ2v) is 1.42. The van der Waals surface area contributed by atoms with Gasteiger partial charge in [-0.15, -0.1) is 10.1 Å². The van der Waals surface area contributed by atoms with E-state index in [0.29, 0.717) is 0 Å². The maximum Gasteiger partial charge on any atom is 0.312 e. The van der Waals surface area contributed by atoms with Crippen molar-refractivity contribution in [1.29, 1.82) is 0 Å². The topological polar surface area (TPSA) is 197 Å². The summed E-state index contributed by atoms with van der Waals surface area (Å²) >= 11 is 0. The van der Waals surface area contributed by atoms with E-state index >= 15 is 0 Å². The lowest BCUT2D eigenvalue weighted by Gasteiger charge is -1.93. The van der Waals surface area contributed by atoms with E-state index in [4.69, 9.17) is 15.3 Å². The number of hydrogen-bond donors (Lipinski definition) is 5. The number of nitrogens with one attached hydrogen (secondary N) is 1. The highest BCUT2D eigenvalue weighted by molar-refractivity contribution is 5.81. The van der Waals surface area contributed by atoms with Gasteiger partial charge in [0, 0.05) is 0 Å². The van der Waals surface area contributed by atoms with Gasteiger partial charge in [-0.1, -0.05) is 0 Å². The first-order valence-electron chi connectivity index (χ1n) is 2.51. The molecule has 0 spiro atoms. The lowest BCUT2D eigenvalue weighted by molar-refractivity contribution is -0.742. The van der Waals surface area contributed by atoms with Crippen LogP contribution >= 0.6 is 0 Å². The lowest BCUT2D eigenvalue weighted by atomic mass is 10.6. The fourth-order valence-corrected chi connectivity index (χ4v) is 0.174. The molecule has 0 heterocycles. The van der Waals surface area contributed by atoms with E-state index in [1.807, 2.05) is 5.32 Å². The Balaban J connectivity index is -0.000000173. The van der Waals surface area contributed by atoms with Gasteiger partial charge in [-0.2, -0.15) is 0 Å². The fraction of sp³-hybridized carbons (Fsp3) is 0.333. The minimum atomic E-state index is -1.50. The van der Waals surface area contributed by atoms with Crippen molar-refractivity contribution in [3.63, 3.8) is 0 Å². The maximum absolute atomic E-state index is 9.86. The minimum absolute atomic E-state index is 0. The molecule has 0 rings (SSSR count). The molecule has 0 aliphatic heterocycles.